The molecule has 0 aliphatic carbocycles. The van der Waals surface area contributed by atoms with Crippen molar-refractivity contribution in [1.29, 1.82) is 0 Å². The molecule has 0 amide bonds. The first-order valence-electron chi connectivity index (χ1n) is 12.5. The molecule has 1 aliphatic rings. The number of imidazole rings is 1. The Hall–Kier alpha value is -3.72. The lowest BCUT2D eigenvalue weighted by molar-refractivity contribution is -0.137. The fourth-order valence-electron chi connectivity index (χ4n) is 5.26. The second-order valence-electron chi connectivity index (χ2n) is 9.75. The molecular weight excluding hydrogens is 498 g/mol. The molecule has 0 saturated carbocycles. The highest BCUT2D eigenvalue weighted by Gasteiger charge is 2.31. The Labute approximate surface area is 216 Å². The summed E-state index contributed by atoms with van der Waals surface area (Å²) in [6, 6.07) is 15.9. The molecule has 1 fully saturated rings. The summed E-state index contributed by atoms with van der Waals surface area (Å²) in [6.45, 7) is 4.11. The summed E-state index contributed by atoms with van der Waals surface area (Å²) in [5, 5.41) is 0. The van der Waals surface area contributed by atoms with Crippen LogP contribution in [-0.4, -0.2) is 39.5 Å². The largest absolute Gasteiger partial charge is 0.416 e. The standard InChI is InChI=1S/C29H27F4N3O2/c1-19-4-2-7-25-26(19)36(24-6-3-5-22(18-24)29(31,32)33)28(38)35(25)17-16-34-14-12-21(13-15-34)27(37)20-8-10-23(30)11-9-20/h2-11,18,21H,12-17H2,1H3. The van der Waals surface area contributed by atoms with Crippen molar-refractivity contribution >= 4 is 16.8 Å². The van der Waals surface area contributed by atoms with Gasteiger partial charge in [0.15, 0.2) is 5.78 Å². The average molecular weight is 526 g/mol. The normalized spacial score (nSPS) is 15.3. The number of para-hydroxylation sites is 1. The lowest BCUT2D eigenvalue weighted by Gasteiger charge is -2.31. The van der Waals surface area contributed by atoms with E-state index in [0.29, 0.717) is 55.6 Å². The molecule has 198 valence electrons. The lowest BCUT2D eigenvalue weighted by Crippen LogP contribution is -2.39. The van der Waals surface area contributed by atoms with Crippen LogP contribution in [0.15, 0.2) is 71.5 Å². The van der Waals surface area contributed by atoms with Crippen LogP contribution in [0.2, 0.25) is 0 Å². The van der Waals surface area contributed by atoms with Gasteiger partial charge in [-0.1, -0.05) is 18.2 Å². The number of alkyl halides is 3. The molecule has 0 bridgehead atoms. The highest BCUT2D eigenvalue weighted by Crippen LogP contribution is 2.31. The maximum atomic E-state index is 13.6. The van der Waals surface area contributed by atoms with Gasteiger partial charge in [0.1, 0.15) is 5.82 Å². The number of halogens is 4. The Morgan fingerprint density at radius 3 is 2.32 bits per heavy atom. The van der Waals surface area contributed by atoms with E-state index >= 15 is 0 Å². The molecule has 9 heteroatoms. The minimum atomic E-state index is -4.52. The molecule has 5 rings (SSSR count). The monoisotopic (exact) mass is 525 g/mol. The van der Waals surface area contributed by atoms with E-state index in [9.17, 15) is 27.2 Å². The van der Waals surface area contributed by atoms with Crippen molar-refractivity contribution < 1.29 is 22.4 Å². The molecule has 1 aliphatic heterocycles. The number of nitrogens with zero attached hydrogens (tertiary/aromatic N) is 3. The van der Waals surface area contributed by atoms with Crippen LogP contribution >= 0.6 is 0 Å². The van der Waals surface area contributed by atoms with Crippen LogP contribution in [0.25, 0.3) is 16.7 Å². The first-order valence-corrected chi connectivity index (χ1v) is 12.5. The van der Waals surface area contributed by atoms with Gasteiger partial charge in [0.05, 0.1) is 22.3 Å². The van der Waals surface area contributed by atoms with Crippen LogP contribution in [-0.2, 0) is 12.7 Å². The number of likely N-dealkylation sites (tertiary alicyclic amines) is 1. The van der Waals surface area contributed by atoms with E-state index in [1.54, 1.807) is 10.6 Å². The Bertz CT molecular complexity index is 1530. The number of hydrogen-bond donors (Lipinski definition) is 0. The first kappa shape index (κ1) is 25.9. The van der Waals surface area contributed by atoms with Crippen LogP contribution in [0, 0.1) is 18.7 Å². The van der Waals surface area contributed by atoms with Crippen molar-refractivity contribution in [2.45, 2.75) is 32.5 Å². The maximum Gasteiger partial charge on any atom is 0.416 e. The number of aromatic nitrogens is 2. The van der Waals surface area contributed by atoms with Crippen molar-refractivity contribution in [2.75, 3.05) is 19.6 Å². The van der Waals surface area contributed by atoms with E-state index in [0.717, 1.165) is 17.7 Å². The summed E-state index contributed by atoms with van der Waals surface area (Å²) in [4.78, 5) is 28.5. The molecule has 0 spiro atoms. The summed E-state index contributed by atoms with van der Waals surface area (Å²) < 4.78 is 56.2. The van der Waals surface area contributed by atoms with E-state index in [1.165, 1.54) is 41.0 Å². The third kappa shape index (κ3) is 5.03. The van der Waals surface area contributed by atoms with Crippen LogP contribution in [0.5, 0.6) is 0 Å². The van der Waals surface area contributed by atoms with E-state index in [1.807, 2.05) is 19.1 Å². The second kappa shape index (κ2) is 10.2. The van der Waals surface area contributed by atoms with E-state index in [4.69, 9.17) is 0 Å². The number of fused-ring (bicyclic) bond motifs is 1. The second-order valence-corrected chi connectivity index (χ2v) is 9.75. The molecule has 5 nitrogen and oxygen atoms in total. The van der Waals surface area contributed by atoms with Crippen molar-refractivity contribution in [3.8, 4) is 5.69 Å². The molecule has 1 saturated heterocycles. The molecule has 0 N–H and O–H groups in total. The minimum Gasteiger partial charge on any atom is -0.302 e. The number of rotatable bonds is 6. The zero-order valence-corrected chi connectivity index (χ0v) is 20.8. The molecule has 0 radical (unpaired) electrons. The number of hydrogen-bond acceptors (Lipinski definition) is 3. The fourth-order valence-corrected chi connectivity index (χ4v) is 5.26. The molecule has 0 atom stereocenters. The third-order valence-electron chi connectivity index (χ3n) is 7.31. The Balaban J connectivity index is 1.35. The van der Waals surface area contributed by atoms with Crippen molar-refractivity contribution in [3.05, 3.63) is 99.7 Å². The van der Waals surface area contributed by atoms with Crippen LogP contribution in [0.3, 0.4) is 0 Å². The van der Waals surface area contributed by atoms with Crippen LogP contribution in [0.4, 0.5) is 17.6 Å². The topological polar surface area (TPSA) is 47.2 Å². The SMILES string of the molecule is Cc1cccc2c1n(-c1cccc(C(F)(F)F)c1)c(=O)n2CCN1CCC(C(=O)c2ccc(F)cc2)CC1. The van der Waals surface area contributed by atoms with Crippen LogP contribution < -0.4 is 5.69 Å². The molecule has 4 aromatic rings. The molecule has 38 heavy (non-hydrogen) atoms. The number of aryl methyl sites for hydroxylation is 1. The Morgan fingerprint density at radius 1 is 0.947 bits per heavy atom. The number of benzene rings is 3. The van der Waals surface area contributed by atoms with Gasteiger partial charge in [0, 0.05) is 24.6 Å². The minimum absolute atomic E-state index is 0.0144. The van der Waals surface area contributed by atoms with E-state index in [-0.39, 0.29) is 23.2 Å². The van der Waals surface area contributed by atoms with Gasteiger partial charge in [0.25, 0.3) is 0 Å². The number of piperidine rings is 1. The average Bonchev–Trinajstić information content (AvgIpc) is 3.19. The predicted octanol–water partition coefficient (Wildman–Crippen LogP) is 5.85. The summed E-state index contributed by atoms with van der Waals surface area (Å²) in [7, 11) is 0. The fraction of sp³-hybridized carbons (Fsp3) is 0.310. The van der Waals surface area contributed by atoms with Gasteiger partial charge >= 0.3 is 11.9 Å². The highest BCUT2D eigenvalue weighted by atomic mass is 19.4. The summed E-state index contributed by atoms with van der Waals surface area (Å²) in [5.41, 5.74) is 1.51. The van der Waals surface area contributed by atoms with Gasteiger partial charge in [-0.25, -0.2) is 9.18 Å². The van der Waals surface area contributed by atoms with Gasteiger partial charge < -0.3 is 4.90 Å². The number of carbonyl (C=O) groups is 1. The van der Waals surface area contributed by atoms with Crippen molar-refractivity contribution in [1.82, 2.24) is 14.0 Å². The van der Waals surface area contributed by atoms with Gasteiger partial charge in [-0.3, -0.25) is 13.9 Å². The molecule has 1 aromatic heterocycles. The molecule has 0 unspecified atom stereocenters. The smallest absolute Gasteiger partial charge is 0.302 e. The van der Waals surface area contributed by atoms with Gasteiger partial charge in [-0.05, 0) is 86.9 Å². The molecule has 3 aromatic carbocycles. The van der Waals surface area contributed by atoms with Gasteiger partial charge in [-0.2, -0.15) is 13.2 Å². The zero-order chi connectivity index (χ0) is 27.0. The summed E-state index contributed by atoms with van der Waals surface area (Å²) in [6.07, 6.45) is -3.19. The van der Waals surface area contributed by atoms with E-state index < -0.39 is 17.4 Å². The van der Waals surface area contributed by atoms with Crippen molar-refractivity contribution in [2.24, 2.45) is 5.92 Å². The first-order chi connectivity index (χ1) is 18.1. The molecular formula is C29H27F4N3O2. The predicted molar refractivity (Wildman–Crippen MR) is 137 cm³/mol. The quantitative estimate of drug-likeness (QED) is 0.234. The highest BCUT2D eigenvalue weighted by molar-refractivity contribution is 5.97. The summed E-state index contributed by atoms with van der Waals surface area (Å²) >= 11 is 0. The number of ketones is 1. The zero-order valence-electron chi connectivity index (χ0n) is 20.8. The van der Waals surface area contributed by atoms with E-state index in [2.05, 4.69) is 4.90 Å². The molecule has 2 heterocycles. The maximum absolute atomic E-state index is 13.6. The summed E-state index contributed by atoms with van der Waals surface area (Å²) in [5.74, 6) is -0.498. The lowest BCUT2D eigenvalue weighted by atomic mass is 9.89. The number of carbonyl (C=O) groups excluding carboxylic acids is 1. The number of Topliss-reactive ketones (excluding diaryl/α,β-unsaturated/α-hetero) is 1. The van der Waals surface area contributed by atoms with Gasteiger partial charge in [0.2, 0.25) is 0 Å². The third-order valence-corrected chi connectivity index (χ3v) is 7.31. The Kier molecular flexibility index (Phi) is 6.96. The van der Waals surface area contributed by atoms with Crippen LogP contribution in [0.1, 0.15) is 34.3 Å². The Morgan fingerprint density at radius 2 is 1.63 bits per heavy atom. The van der Waals surface area contributed by atoms with Crippen molar-refractivity contribution in [3.63, 3.8) is 0 Å². The van der Waals surface area contributed by atoms with Gasteiger partial charge in [-0.15, -0.1) is 0 Å².